The number of aromatic nitrogens is 5. The Morgan fingerprint density at radius 1 is 1.03 bits per heavy atom. The maximum absolute atomic E-state index is 13.0. The van der Waals surface area contributed by atoms with E-state index in [1.807, 2.05) is 47.0 Å². The molecule has 3 heterocycles. The number of benzene rings is 2. The molecular formula is C22H21Cl2N7O. The SMILES string of the molecule is Cn1c(C(=O)N2CCN(Cc3cn(-c4cc(Cl)cc(Cl)c4)nn3)CC2)nc2ccccc21. The number of rotatable bonds is 4. The van der Waals surface area contributed by atoms with E-state index in [1.54, 1.807) is 22.9 Å². The zero-order chi connectivity index (χ0) is 22.2. The first kappa shape index (κ1) is 20.9. The Morgan fingerprint density at radius 3 is 2.47 bits per heavy atom. The van der Waals surface area contributed by atoms with Crippen molar-refractivity contribution in [1.29, 1.82) is 0 Å². The molecule has 2 aromatic heterocycles. The van der Waals surface area contributed by atoms with E-state index < -0.39 is 0 Å². The highest BCUT2D eigenvalue weighted by Crippen LogP contribution is 2.22. The molecule has 0 radical (unpaired) electrons. The van der Waals surface area contributed by atoms with Crippen molar-refractivity contribution in [3.8, 4) is 5.69 Å². The van der Waals surface area contributed by atoms with Crippen molar-refractivity contribution in [3.05, 3.63) is 70.2 Å². The standard InChI is InChI=1S/C22H21Cl2N7O/c1-28-20-5-3-2-4-19(20)25-21(28)22(32)30-8-6-29(7-9-30)13-17-14-31(27-26-17)18-11-15(23)10-16(24)12-18/h2-5,10-12,14H,6-9,13H2,1H3. The largest absolute Gasteiger partial charge is 0.333 e. The number of imidazole rings is 1. The molecule has 0 spiro atoms. The Balaban J connectivity index is 1.22. The molecule has 32 heavy (non-hydrogen) atoms. The van der Waals surface area contributed by atoms with Gasteiger partial charge in [0, 0.05) is 49.8 Å². The van der Waals surface area contributed by atoms with E-state index in [1.165, 1.54) is 0 Å². The van der Waals surface area contributed by atoms with Crippen LogP contribution in [-0.4, -0.2) is 66.4 Å². The number of halogens is 2. The van der Waals surface area contributed by atoms with Gasteiger partial charge in [-0.15, -0.1) is 5.10 Å². The molecule has 1 amide bonds. The van der Waals surface area contributed by atoms with Gasteiger partial charge in [0.25, 0.3) is 5.91 Å². The number of hydrogen-bond acceptors (Lipinski definition) is 5. The van der Waals surface area contributed by atoms with Gasteiger partial charge in [-0.1, -0.05) is 40.5 Å². The lowest BCUT2D eigenvalue weighted by molar-refractivity contribution is 0.0612. The van der Waals surface area contributed by atoms with Crippen LogP contribution in [0.4, 0.5) is 0 Å². The van der Waals surface area contributed by atoms with Crippen molar-refractivity contribution in [3.63, 3.8) is 0 Å². The van der Waals surface area contributed by atoms with Crippen LogP contribution in [-0.2, 0) is 13.6 Å². The molecule has 0 atom stereocenters. The van der Waals surface area contributed by atoms with Crippen LogP contribution in [0.2, 0.25) is 10.0 Å². The fourth-order valence-corrected chi connectivity index (χ4v) is 4.50. The molecule has 1 fully saturated rings. The van der Waals surface area contributed by atoms with Gasteiger partial charge in [0.15, 0.2) is 5.82 Å². The van der Waals surface area contributed by atoms with Crippen molar-refractivity contribution in [2.45, 2.75) is 6.54 Å². The third-order valence-electron chi connectivity index (χ3n) is 5.68. The van der Waals surface area contributed by atoms with Gasteiger partial charge in [-0.3, -0.25) is 9.69 Å². The Kier molecular flexibility index (Phi) is 5.58. The first-order chi connectivity index (χ1) is 15.5. The van der Waals surface area contributed by atoms with E-state index in [0.29, 0.717) is 35.5 Å². The first-order valence-electron chi connectivity index (χ1n) is 10.3. The summed E-state index contributed by atoms with van der Waals surface area (Å²) in [6.45, 7) is 3.44. The molecule has 0 N–H and O–H groups in total. The fraction of sp³-hybridized carbons (Fsp3) is 0.273. The van der Waals surface area contributed by atoms with E-state index in [-0.39, 0.29) is 5.91 Å². The Hall–Kier alpha value is -2.94. The van der Waals surface area contributed by atoms with Gasteiger partial charge >= 0.3 is 0 Å². The van der Waals surface area contributed by atoms with Crippen LogP contribution in [0.3, 0.4) is 0 Å². The smallest absolute Gasteiger partial charge is 0.289 e. The molecule has 8 nitrogen and oxygen atoms in total. The van der Waals surface area contributed by atoms with Gasteiger partial charge in [-0.05, 0) is 30.3 Å². The predicted octanol–water partition coefficient (Wildman–Crippen LogP) is 3.42. The number of amides is 1. The van der Waals surface area contributed by atoms with E-state index >= 15 is 0 Å². The molecular weight excluding hydrogens is 449 g/mol. The predicted molar refractivity (Wildman–Crippen MR) is 123 cm³/mol. The summed E-state index contributed by atoms with van der Waals surface area (Å²) in [7, 11) is 1.88. The van der Waals surface area contributed by atoms with E-state index in [0.717, 1.165) is 35.5 Å². The van der Waals surface area contributed by atoms with Gasteiger partial charge in [0.05, 0.1) is 28.6 Å². The normalized spacial score (nSPS) is 14.9. The molecule has 10 heteroatoms. The number of carbonyl (C=O) groups is 1. The zero-order valence-corrected chi connectivity index (χ0v) is 19.0. The number of aryl methyl sites for hydroxylation is 1. The quantitative estimate of drug-likeness (QED) is 0.457. The third kappa shape index (κ3) is 4.09. The third-order valence-corrected chi connectivity index (χ3v) is 6.11. The van der Waals surface area contributed by atoms with Crippen LogP contribution in [0.25, 0.3) is 16.7 Å². The minimum atomic E-state index is -0.0351. The highest BCUT2D eigenvalue weighted by Gasteiger charge is 2.26. The Bertz CT molecular complexity index is 1270. The Labute approximate surface area is 194 Å². The minimum absolute atomic E-state index is 0.0351. The van der Waals surface area contributed by atoms with E-state index in [2.05, 4.69) is 20.2 Å². The number of nitrogens with zero attached hydrogens (tertiary/aromatic N) is 7. The molecule has 5 rings (SSSR count). The van der Waals surface area contributed by atoms with Crippen LogP contribution in [0.5, 0.6) is 0 Å². The summed E-state index contributed by atoms with van der Waals surface area (Å²) in [6.07, 6.45) is 1.87. The number of carbonyl (C=O) groups excluding carboxylic acids is 1. The van der Waals surface area contributed by atoms with Gasteiger partial charge in [-0.2, -0.15) is 0 Å². The number of para-hydroxylation sites is 2. The lowest BCUT2D eigenvalue weighted by Gasteiger charge is -2.34. The van der Waals surface area contributed by atoms with Crippen LogP contribution in [0, 0.1) is 0 Å². The number of piperazine rings is 1. The van der Waals surface area contributed by atoms with Gasteiger partial charge < -0.3 is 9.47 Å². The second-order valence-corrected chi connectivity index (χ2v) is 8.71. The highest BCUT2D eigenvalue weighted by atomic mass is 35.5. The highest BCUT2D eigenvalue weighted by molar-refractivity contribution is 6.34. The molecule has 0 aliphatic carbocycles. The number of hydrogen-bond donors (Lipinski definition) is 0. The van der Waals surface area contributed by atoms with Crippen LogP contribution in [0.1, 0.15) is 16.3 Å². The maximum atomic E-state index is 13.0. The van der Waals surface area contributed by atoms with E-state index in [9.17, 15) is 4.79 Å². The van der Waals surface area contributed by atoms with Crippen molar-refractivity contribution in [2.75, 3.05) is 26.2 Å². The molecule has 1 saturated heterocycles. The number of fused-ring (bicyclic) bond motifs is 1. The van der Waals surface area contributed by atoms with Crippen molar-refractivity contribution in [1.82, 2.24) is 34.3 Å². The molecule has 0 unspecified atom stereocenters. The lowest BCUT2D eigenvalue weighted by Crippen LogP contribution is -2.48. The molecule has 1 aliphatic heterocycles. The van der Waals surface area contributed by atoms with Gasteiger partial charge in [0.1, 0.15) is 0 Å². The monoisotopic (exact) mass is 469 g/mol. The fourth-order valence-electron chi connectivity index (χ4n) is 3.98. The van der Waals surface area contributed by atoms with Crippen LogP contribution >= 0.6 is 23.2 Å². The summed E-state index contributed by atoms with van der Waals surface area (Å²) < 4.78 is 3.53. The average Bonchev–Trinajstić information content (AvgIpc) is 3.38. The summed E-state index contributed by atoms with van der Waals surface area (Å²) in [6, 6.07) is 13.0. The van der Waals surface area contributed by atoms with Crippen molar-refractivity contribution >= 4 is 40.1 Å². The molecule has 164 valence electrons. The first-order valence-corrected chi connectivity index (χ1v) is 11.0. The Morgan fingerprint density at radius 2 is 1.75 bits per heavy atom. The second-order valence-electron chi connectivity index (χ2n) is 7.83. The van der Waals surface area contributed by atoms with Gasteiger partial charge in [0.2, 0.25) is 0 Å². The van der Waals surface area contributed by atoms with Gasteiger partial charge in [-0.25, -0.2) is 9.67 Å². The topological polar surface area (TPSA) is 72.1 Å². The molecule has 1 aliphatic rings. The summed E-state index contributed by atoms with van der Waals surface area (Å²) in [5, 5.41) is 9.56. The summed E-state index contributed by atoms with van der Waals surface area (Å²) in [5.74, 6) is 0.440. The molecule has 0 bridgehead atoms. The molecule has 2 aromatic carbocycles. The summed E-state index contributed by atoms with van der Waals surface area (Å²) in [4.78, 5) is 21.7. The van der Waals surface area contributed by atoms with Crippen molar-refractivity contribution in [2.24, 2.45) is 7.05 Å². The maximum Gasteiger partial charge on any atom is 0.289 e. The van der Waals surface area contributed by atoms with E-state index in [4.69, 9.17) is 23.2 Å². The molecule has 4 aromatic rings. The van der Waals surface area contributed by atoms with Crippen LogP contribution in [0.15, 0.2) is 48.7 Å². The molecule has 0 saturated carbocycles. The zero-order valence-electron chi connectivity index (χ0n) is 17.4. The summed E-state index contributed by atoms with van der Waals surface area (Å²) in [5.41, 5.74) is 3.40. The summed E-state index contributed by atoms with van der Waals surface area (Å²) >= 11 is 12.2. The average molecular weight is 470 g/mol. The lowest BCUT2D eigenvalue weighted by atomic mass is 10.3. The van der Waals surface area contributed by atoms with Crippen molar-refractivity contribution < 1.29 is 4.79 Å². The minimum Gasteiger partial charge on any atom is -0.333 e. The van der Waals surface area contributed by atoms with Crippen LogP contribution < -0.4 is 0 Å². The second kappa shape index (κ2) is 8.54.